The van der Waals surface area contributed by atoms with Crippen LogP contribution < -0.4 is 0 Å². The number of nitriles is 2. The van der Waals surface area contributed by atoms with E-state index in [1.807, 2.05) is 12.1 Å². The molecule has 0 radical (unpaired) electrons. The van der Waals surface area contributed by atoms with Gasteiger partial charge in [0.25, 0.3) is 10.1 Å². The molecular weight excluding hydrogens is 235 g/mol. The highest BCUT2D eigenvalue weighted by molar-refractivity contribution is 7.86. The van der Waals surface area contributed by atoms with Gasteiger partial charge in [-0.1, -0.05) is 0 Å². The molecule has 7 heteroatoms. The number of hydrogen-bond acceptors (Lipinski definition) is 4. The van der Waals surface area contributed by atoms with Gasteiger partial charge in [-0.05, 0) is 19.2 Å². The minimum atomic E-state index is -4.14. The van der Waals surface area contributed by atoms with E-state index in [9.17, 15) is 8.42 Å². The minimum Gasteiger partial charge on any atom is -0.285 e. The van der Waals surface area contributed by atoms with Gasteiger partial charge in [0.2, 0.25) is 0 Å². The Balaban J connectivity index is 4.18. The van der Waals surface area contributed by atoms with Crippen molar-refractivity contribution in [1.29, 1.82) is 10.5 Å². The molecule has 84 valence electrons. The lowest BCUT2D eigenvalue weighted by Gasteiger charge is -2.13. The van der Waals surface area contributed by atoms with Crippen molar-refractivity contribution in [2.75, 3.05) is 12.3 Å². The lowest BCUT2D eigenvalue weighted by molar-refractivity contribution is 0.459. The third kappa shape index (κ3) is 5.69. The summed E-state index contributed by atoms with van der Waals surface area (Å²) in [6.45, 7) is 1.32. The number of nitrogens with zero attached hydrogens (tertiary/aromatic N) is 2. The van der Waals surface area contributed by atoms with Gasteiger partial charge < -0.3 is 0 Å². The minimum absolute atomic E-state index is 0.377. The van der Waals surface area contributed by atoms with Crippen LogP contribution in [0.15, 0.2) is 0 Å². The summed E-state index contributed by atoms with van der Waals surface area (Å²) >= 11 is 0. The van der Waals surface area contributed by atoms with Gasteiger partial charge in [-0.2, -0.15) is 18.9 Å². The van der Waals surface area contributed by atoms with Gasteiger partial charge in [-0.15, -0.1) is 8.58 Å². The Morgan fingerprint density at radius 2 is 2.07 bits per heavy atom. The average molecular weight is 248 g/mol. The normalized spacial score (nSPS) is 15.7. The third-order valence-corrected chi connectivity index (χ3v) is 4.58. The summed E-state index contributed by atoms with van der Waals surface area (Å²) in [5, 5.41) is 16.0. The van der Waals surface area contributed by atoms with Crippen molar-refractivity contribution in [3.05, 3.63) is 0 Å². The molecule has 1 unspecified atom stereocenters. The fourth-order valence-electron chi connectivity index (χ4n) is 0.926. The quantitative estimate of drug-likeness (QED) is 0.429. The summed E-state index contributed by atoms with van der Waals surface area (Å²) in [5.41, 5.74) is 0. The molecule has 0 saturated carbocycles. The van der Waals surface area contributed by atoms with Crippen LogP contribution in [0.1, 0.15) is 13.3 Å². The van der Waals surface area contributed by atoms with Crippen molar-refractivity contribution in [1.82, 2.24) is 0 Å². The van der Waals surface area contributed by atoms with Crippen LogP contribution >= 0.6 is 8.58 Å². The maximum Gasteiger partial charge on any atom is 0.268 e. The van der Waals surface area contributed by atoms with Crippen LogP contribution in [0.5, 0.6) is 0 Å². The van der Waals surface area contributed by atoms with E-state index < -0.39 is 21.3 Å². The molecule has 0 aromatic rings. The molecule has 1 N–H and O–H groups in total. The fraction of sp³-hybridized carbons (Fsp3) is 0.750. The molecular formula is C8H13N2O3PS. The lowest BCUT2D eigenvalue weighted by atomic mass is 10.1. The zero-order chi connectivity index (χ0) is 11.9. The van der Waals surface area contributed by atoms with Gasteiger partial charge in [0.15, 0.2) is 0 Å². The van der Waals surface area contributed by atoms with Crippen LogP contribution in [-0.4, -0.2) is 30.5 Å². The molecule has 0 aromatic carbocycles. The number of hydrogen-bond donors (Lipinski definition) is 1. The van der Waals surface area contributed by atoms with Gasteiger partial charge >= 0.3 is 0 Å². The van der Waals surface area contributed by atoms with E-state index in [4.69, 9.17) is 15.1 Å². The summed E-state index contributed by atoms with van der Waals surface area (Å²) in [4.78, 5) is 0. The second-order valence-corrected chi connectivity index (χ2v) is 6.25. The van der Waals surface area contributed by atoms with Gasteiger partial charge in [0, 0.05) is 6.42 Å². The standard InChI is InChI=1S/C8H13N2O3PS/c1-7(15(11,12)13)8(5-10)6-14-4-2-3-9/h7-8,14H,2,4,6H2,1H3,(H,11,12,13)/t7-,8+/m0/s1. The summed E-state index contributed by atoms with van der Waals surface area (Å²) in [6.07, 6.45) is 1.50. The Kier molecular flexibility index (Phi) is 6.43. The molecule has 0 saturated heterocycles. The smallest absolute Gasteiger partial charge is 0.268 e. The lowest BCUT2D eigenvalue weighted by Crippen LogP contribution is -2.26. The molecule has 0 bridgehead atoms. The predicted octanol–water partition coefficient (Wildman–Crippen LogP) is 0.995. The van der Waals surface area contributed by atoms with Gasteiger partial charge in [0.1, 0.15) is 0 Å². The van der Waals surface area contributed by atoms with Gasteiger partial charge in [0.05, 0.1) is 23.3 Å². The van der Waals surface area contributed by atoms with Crippen molar-refractivity contribution >= 4 is 18.7 Å². The summed E-state index contributed by atoms with van der Waals surface area (Å²) in [6, 6.07) is 3.85. The molecule has 3 atom stereocenters. The van der Waals surface area contributed by atoms with Crippen molar-refractivity contribution < 1.29 is 13.0 Å². The van der Waals surface area contributed by atoms with Crippen LogP contribution in [0.3, 0.4) is 0 Å². The molecule has 0 rings (SSSR count). The fourth-order valence-corrected chi connectivity index (χ4v) is 2.92. The Morgan fingerprint density at radius 3 is 2.47 bits per heavy atom. The molecule has 0 aliphatic rings. The van der Waals surface area contributed by atoms with E-state index in [0.29, 0.717) is 27.3 Å². The van der Waals surface area contributed by atoms with E-state index in [0.717, 1.165) is 0 Å². The van der Waals surface area contributed by atoms with Gasteiger partial charge in [-0.25, -0.2) is 0 Å². The Hall–Kier alpha value is -0.680. The van der Waals surface area contributed by atoms with Crippen LogP contribution in [0.25, 0.3) is 0 Å². The monoisotopic (exact) mass is 248 g/mol. The first-order valence-electron chi connectivity index (χ1n) is 4.37. The highest BCUT2D eigenvalue weighted by atomic mass is 32.2. The van der Waals surface area contributed by atoms with Crippen LogP contribution in [0.4, 0.5) is 0 Å². The Morgan fingerprint density at radius 1 is 1.47 bits per heavy atom. The average Bonchev–Trinajstić information content (AvgIpc) is 2.16. The molecule has 0 aromatic heterocycles. The Bertz CT molecular complexity index is 368. The zero-order valence-electron chi connectivity index (χ0n) is 8.34. The van der Waals surface area contributed by atoms with Crippen molar-refractivity contribution in [3.63, 3.8) is 0 Å². The molecule has 0 aliphatic heterocycles. The third-order valence-electron chi connectivity index (χ3n) is 1.98. The van der Waals surface area contributed by atoms with Crippen molar-refractivity contribution in [2.45, 2.75) is 18.6 Å². The SMILES string of the molecule is C[C@@H]([C@H](C#N)CPCCC#N)S(=O)(=O)O. The molecule has 0 heterocycles. The molecule has 15 heavy (non-hydrogen) atoms. The molecule has 0 fully saturated rings. The summed E-state index contributed by atoms with van der Waals surface area (Å²) in [5.74, 6) is -0.697. The molecule has 0 aliphatic carbocycles. The maximum absolute atomic E-state index is 10.8. The van der Waals surface area contributed by atoms with E-state index in [1.165, 1.54) is 6.92 Å². The van der Waals surface area contributed by atoms with E-state index >= 15 is 0 Å². The predicted molar refractivity (Wildman–Crippen MR) is 58.4 cm³/mol. The van der Waals surface area contributed by atoms with Crippen LogP contribution in [-0.2, 0) is 10.1 Å². The van der Waals surface area contributed by atoms with Crippen LogP contribution in [0, 0.1) is 28.6 Å². The van der Waals surface area contributed by atoms with E-state index in [2.05, 4.69) is 0 Å². The first-order valence-corrected chi connectivity index (χ1v) is 7.28. The highest BCUT2D eigenvalue weighted by Gasteiger charge is 2.27. The second-order valence-electron chi connectivity index (χ2n) is 3.07. The number of rotatable bonds is 6. The molecule has 5 nitrogen and oxygen atoms in total. The van der Waals surface area contributed by atoms with Gasteiger partial charge in [-0.3, -0.25) is 4.55 Å². The largest absolute Gasteiger partial charge is 0.285 e. The second kappa shape index (κ2) is 6.74. The maximum atomic E-state index is 10.8. The zero-order valence-corrected chi connectivity index (χ0v) is 10.2. The topological polar surface area (TPSA) is 102 Å². The van der Waals surface area contributed by atoms with E-state index in [-0.39, 0.29) is 0 Å². The molecule has 0 spiro atoms. The van der Waals surface area contributed by atoms with E-state index in [1.54, 1.807) is 0 Å². The summed E-state index contributed by atoms with van der Waals surface area (Å²) in [7, 11) is -3.76. The summed E-state index contributed by atoms with van der Waals surface area (Å²) < 4.78 is 30.3. The van der Waals surface area contributed by atoms with Crippen LogP contribution in [0.2, 0.25) is 0 Å². The van der Waals surface area contributed by atoms with Crippen molar-refractivity contribution in [3.8, 4) is 12.1 Å². The first-order chi connectivity index (χ1) is 6.93. The highest BCUT2D eigenvalue weighted by Crippen LogP contribution is 2.21. The van der Waals surface area contributed by atoms with Crippen molar-refractivity contribution in [2.24, 2.45) is 5.92 Å². The first kappa shape index (κ1) is 14.3. The Labute approximate surface area is 91.6 Å². The molecule has 0 amide bonds.